The number of aliphatic hydroxyl groups is 9. The smallest absolute Gasteiger partial charge is 0.187 e. The zero-order valence-corrected chi connectivity index (χ0v) is 36.3. The van der Waals surface area contributed by atoms with Crippen LogP contribution in [-0.2, 0) is 28.4 Å². The lowest BCUT2D eigenvalue weighted by Gasteiger charge is -2.58. The van der Waals surface area contributed by atoms with Crippen molar-refractivity contribution in [1.29, 1.82) is 0 Å². The molecule has 5 aliphatic heterocycles. The van der Waals surface area contributed by atoms with E-state index in [-0.39, 0.29) is 11.5 Å². The summed E-state index contributed by atoms with van der Waals surface area (Å²) in [7, 11) is 0. The Bertz CT molecular complexity index is 1590. The molecule has 348 valence electrons. The maximum Gasteiger partial charge on any atom is 0.187 e. The summed E-state index contributed by atoms with van der Waals surface area (Å²) >= 11 is 0. The van der Waals surface area contributed by atoms with E-state index in [2.05, 4.69) is 38.7 Å². The van der Waals surface area contributed by atoms with Gasteiger partial charge < -0.3 is 74.4 Å². The molecule has 5 heterocycles. The molecule has 8 fully saturated rings. The summed E-state index contributed by atoms with van der Waals surface area (Å²) in [4.78, 5) is 2.94. The predicted octanol–water partition coefficient (Wildman–Crippen LogP) is 0.155. The van der Waals surface area contributed by atoms with Crippen LogP contribution in [0.2, 0.25) is 0 Å². The molecular weight excluding hydrogens is 794 g/mol. The van der Waals surface area contributed by atoms with Crippen molar-refractivity contribution in [2.75, 3.05) is 19.8 Å². The van der Waals surface area contributed by atoms with Crippen LogP contribution in [0.4, 0.5) is 0 Å². The van der Waals surface area contributed by atoms with Gasteiger partial charge in [0.05, 0.1) is 25.4 Å². The Morgan fingerprint density at radius 1 is 0.672 bits per heavy atom. The maximum atomic E-state index is 11.6. The van der Waals surface area contributed by atoms with Crippen LogP contribution >= 0.6 is 0 Å². The van der Waals surface area contributed by atoms with Gasteiger partial charge in [-0.3, -0.25) is 4.90 Å². The SMILES string of the molecule is C[C@H]1CC[C@@H]2[C@@H](C)C3[C@H](C[C@H]4[C@@H]5CC=C6C[C@@H](O[C@@H]7O[C@H](CO)[C@H](O)[C@H](O[C@@H]8O[C@H](CO)[C@@H](O)[C@H](O)[C@H]8O)[C@H]7O[C@H]7O[C@@H](C)[C@H](O)[C@@H](O)[C@H]7O)CC[C@]6(C)[C@H]5CC[C@]34C)N2C1. The highest BCUT2D eigenvalue weighted by Gasteiger charge is 2.66. The quantitative estimate of drug-likeness (QED) is 0.148. The third-order valence-corrected chi connectivity index (χ3v) is 18.0. The molecule has 0 aromatic rings. The van der Waals surface area contributed by atoms with Crippen LogP contribution in [0.3, 0.4) is 0 Å². The van der Waals surface area contributed by atoms with Crippen molar-refractivity contribution in [2.45, 2.75) is 203 Å². The van der Waals surface area contributed by atoms with Crippen LogP contribution in [0.5, 0.6) is 0 Å². The van der Waals surface area contributed by atoms with Gasteiger partial charge in [-0.25, -0.2) is 0 Å². The molecular formula is C45H73NO15. The van der Waals surface area contributed by atoms with Crippen molar-refractivity contribution < 1.29 is 74.4 Å². The van der Waals surface area contributed by atoms with Gasteiger partial charge in [-0.1, -0.05) is 39.3 Å². The van der Waals surface area contributed by atoms with E-state index in [0.29, 0.717) is 42.1 Å². The summed E-state index contributed by atoms with van der Waals surface area (Å²) in [6.45, 7) is 11.4. The summed E-state index contributed by atoms with van der Waals surface area (Å²) < 4.78 is 36.8. The standard InChI is InChI=1S/C45H73NO15/c1-19-6-9-27-20(2)31-28(46(27)16-19)15-26-24-8-7-22-14-23(10-12-44(22,4)25(24)11-13-45(26,31)5)57-43-40(61-41-37(54)35(52)32(49)21(3)56-41)39(34(51)30(18-48)59-43)60-42-38(55)36(53)33(50)29(17-47)58-42/h7,19-21,23-43,47-55H,6,8-18H2,1-5H3/t19-,20+,21-,23-,24+,25-,26-,27+,28-,29+,30+,31?,32-,33+,34-,35+,36-,37+,38+,39-,40+,41+,42-,43+,44-,45-/m0/s1. The molecule has 16 nitrogen and oxygen atoms in total. The minimum atomic E-state index is -1.83. The Hall–Kier alpha value is -0.900. The Labute approximate surface area is 359 Å². The minimum Gasteiger partial charge on any atom is -0.394 e. The van der Waals surface area contributed by atoms with Gasteiger partial charge in [-0.05, 0) is 111 Å². The van der Waals surface area contributed by atoms with Crippen LogP contribution < -0.4 is 0 Å². The monoisotopic (exact) mass is 867 g/mol. The van der Waals surface area contributed by atoms with Crippen LogP contribution in [0.25, 0.3) is 0 Å². The van der Waals surface area contributed by atoms with Gasteiger partial charge in [0, 0.05) is 18.6 Å². The Balaban J connectivity index is 0.952. The molecule has 0 amide bonds. The second-order valence-corrected chi connectivity index (χ2v) is 21.2. The number of rotatable bonds is 8. The highest BCUT2D eigenvalue weighted by atomic mass is 16.8. The van der Waals surface area contributed by atoms with Crippen LogP contribution in [0, 0.1) is 46.3 Å². The van der Waals surface area contributed by atoms with Crippen molar-refractivity contribution in [2.24, 2.45) is 46.3 Å². The van der Waals surface area contributed by atoms with Crippen molar-refractivity contribution in [1.82, 2.24) is 4.90 Å². The molecule has 9 rings (SSSR count). The van der Waals surface area contributed by atoms with E-state index >= 15 is 0 Å². The number of fused-ring (bicyclic) bond motifs is 9. The lowest BCUT2D eigenvalue weighted by molar-refractivity contribution is -0.394. The second kappa shape index (κ2) is 17.1. The highest BCUT2D eigenvalue weighted by molar-refractivity contribution is 5.27. The number of piperidine rings is 1. The van der Waals surface area contributed by atoms with E-state index in [4.69, 9.17) is 28.4 Å². The zero-order chi connectivity index (χ0) is 43.4. The van der Waals surface area contributed by atoms with E-state index < -0.39 is 105 Å². The topological polar surface area (TPSA) is 241 Å². The fraction of sp³-hybridized carbons (Fsp3) is 0.956. The summed E-state index contributed by atoms with van der Waals surface area (Å²) in [5.41, 5.74) is 1.72. The molecule has 9 aliphatic rings. The van der Waals surface area contributed by atoms with E-state index in [9.17, 15) is 46.0 Å². The normalized spacial score (nSPS) is 57.3. The summed E-state index contributed by atoms with van der Waals surface area (Å²) in [6.07, 6.45) is -11.1. The molecule has 9 N–H and O–H groups in total. The van der Waals surface area contributed by atoms with Crippen molar-refractivity contribution in [3.63, 3.8) is 0 Å². The number of allylic oxidation sites excluding steroid dienone is 1. The molecule has 4 aliphatic carbocycles. The number of nitrogens with zero attached hydrogens (tertiary/aromatic N) is 1. The van der Waals surface area contributed by atoms with E-state index in [1.807, 2.05) is 0 Å². The maximum absolute atomic E-state index is 11.6. The lowest BCUT2D eigenvalue weighted by atomic mass is 9.47. The van der Waals surface area contributed by atoms with Crippen LogP contribution in [0.15, 0.2) is 11.6 Å². The minimum absolute atomic E-state index is 0.00462. The third kappa shape index (κ3) is 7.42. The van der Waals surface area contributed by atoms with E-state index in [1.54, 1.807) is 0 Å². The average Bonchev–Trinajstić information content (AvgIpc) is 3.71. The van der Waals surface area contributed by atoms with Crippen LogP contribution in [-0.4, -0.2) is 181 Å². The molecule has 1 unspecified atom stereocenters. The van der Waals surface area contributed by atoms with Crippen molar-refractivity contribution in [3.05, 3.63) is 11.6 Å². The van der Waals surface area contributed by atoms with Gasteiger partial charge in [0.25, 0.3) is 0 Å². The van der Waals surface area contributed by atoms with Gasteiger partial charge in [-0.2, -0.15) is 0 Å². The average molecular weight is 868 g/mol. The number of hydrogen-bond acceptors (Lipinski definition) is 16. The van der Waals surface area contributed by atoms with E-state index in [1.165, 1.54) is 51.1 Å². The lowest BCUT2D eigenvalue weighted by Crippen LogP contribution is -2.67. The van der Waals surface area contributed by atoms with Crippen molar-refractivity contribution >= 4 is 0 Å². The fourth-order valence-electron chi connectivity index (χ4n) is 14.7. The molecule has 16 heteroatoms. The first-order chi connectivity index (χ1) is 29.0. The fourth-order valence-corrected chi connectivity index (χ4v) is 14.7. The van der Waals surface area contributed by atoms with Gasteiger partial charge >= 0.3 is 0 Å². The van der Waals surface area contributed by atoms with Gasteiger partial charge in [0.1, 0.15) is 67.1 Å². The first-order valence-electron chi connectivity index (χ1n) is 23.4. The molecule has 0 aromatic carbocycles. The third-order valence-electron chi connectivity index (χ3n) is 18.0. The first-order valence-corrected chi connectivity index (χ1v) is 23.4. The molecule has 0 radical (unpaired) electrons. The Morgan fingerprint density at radius 3 is 2.05 bits per heavy atom. The second-order valence-electron chi connectivity index (χ2n) is 21.2. The van der Waals surface area contributed by atoms with Gasteiger partial charge in [-0.15, -0.1) is 0 Å². The molecule has 0 spiro atoms. The first kappa shape index (κ1) is 45.3. The summed E-state index contributed by atoms with van der Waals surface area (Å²) in [5, 5.41) is 95.8. The molecule has 26 atom stereocenters. The van der Waals surface area contributed by atoms with E-state index in [0.717, 1.165) is 36.6 Å². The molecule has 5 saturated heterocycles. The number of aliphatic hydroxyl groups excluding tert-OH is 9. The molecule has 3 saturated carbocycles. The predicted molar refractivity (Wildman–Crippen MR) is 215 cm³/mol. The molecule has 0 bridgehead atoms. The Kier molecular flexibility index (Phi) is 12.7. The van der Waals surface area contributed by atoms with Crippen molar-refractivity contribution in [3.8, 4) is 0 Å². The summed E-state index contributed by atoms with van der Waals surface area (Å²) in [6, 6.07) is 1.43. The number of hydrogen-bond donors (Lipinski definition) is 9. The molecule has 0 aromatic heterocycles. The highest BCUT2D eigenvalue weighted by Crippen LogP contribution is 2.70. The van der Waals surface area contributed by atoms with Gasteiger partial charge in [0.2, 0.25) is 0 Å². The Morgan fingerprint density at radius 2 is 1.33 bits per heavy atom. The van der Waals surface area contributed by atoms with Crippen LogP contribution in [0.1, 0.15) is 92.4 Å². The molecule has 61 heavy (non-hydrogen) atoms. The zero-order valence-electron chi connectivity index (χ0n) is 36.3. The van der Waals surface area contributed by atoms with Gasteiger partial charge in [0.15, 0.2) is 18.9 Å². The largest absolute Gasteiger partial charge is 0.394 e. The summed E-state index contributed by atoms with van der Waals surface area (Å²) in [5.74, 6) is 4.15. The number of ether oxygens (including phenoxy) is 6.